The van der Waals surface area contributed by atoms with E-state index in [0.717, 1.165) is 24.2 Å². The quantitative estimate of drug-likeness (QED) is 0.872. The first-order valence-electron chi connectivity index (χ1n) is 6.21. The third kappa shape index (κ3) is 3.14. The van der Waals surface area contributed by atoms with Crippen molar-refractivity contribution in [3.8, 4) is 0 Å². The fraction of sp³-hybridized carbons (Fsp3) is 0.267. The normalized spacial score (nSPS) is 12.3. The first kappa shape index (κ1) is 12.7. The molecule has 3 heteroatoms. The predicted molar refractivity (Wildman–Crippen MR) is 70.8 cm³/mol. The largest absolute Gasteiger partial charge is 0.305 e. The molecule has 0 amide bonds. The lowest BCUT2D eigenvalue weighted by molar-refractivity contribution is 0.576. The van der Waals surface area contributed by atoms with Gasteiger partial charge >= 0.3 is 0 Å². The Labute approximate surface area is 107 Å². The van der Waals surface area contributed by atoms with Gasteiger partial charge in [-0.15, -0.1) is 0 Å². The fourth-order valence-electron chi connectivity index (χ4n) is 1.91. The fourth-order valence-corrected chi connectivity index (χ4v) is 1.91. The molecule has 0 aliphatic carbocycles. The summed E-state index contributed by atoms with van der Waals surface area (Å²) in [6.45, 7) is 2.98. The van der Waals surface area contributed by atoms with Crippen LogP contribution in [0.5, 0.6) is 0 Å². The molecule has 0 bridgehead atoms. The highest BCUT2D eigenvalue weighted by Crippen LogP contribution is 2.20. The molecule has 0 fully saturated rings. The maximum absolute atomic E-state index is 13.3. The number of nitrogens with one attached hydrogen (secondary N) is 1. The van der Waals surface area contributed by atoms with Crippen LogP contribution in [0.15, 0.2) is 48.7 Å². The van der Waals surface area contributed by atoms with Crippen molar-refractivity contribution in [1.82, 2.24) is 10.3 Å². The lowest BCUT2D eigenvalue weighted by Crippen LogP contribution is -2.24. The van der Waals surface area contributed by atoms with Crippen LogP contribution in [0.4, 0.5) is 4.39 Å². The summed E-state index contributed by atoms with van der Waals surface area (Å²) in [5.74, 6) is -0.216. The summed E-state index contributed by atoms with van der Waals surface area (Å²) in [7, 11) is 0. The lowest BCUT2D eigenvalue weighted by atomic mass is 10.0. The van der Waals surface area contributed by atoms with Crippen molar-refractivity contribution in [2.75, 3.05) is 6.54 Å². The molecule has 18 heavy (non-hydrogen) atoms. The molecule has 1 aromatic heterocycles. The summed E-state index contributed by atoms with van der Waals surface area (Å²) >= 11 is 0. The Morgan fingerprint density at radius 3 is 2.78 bits per heavy atom. The van der Waals surface area contributed by atoms with Gasteiger partial charge in [0.25, 0.3) is 0 Å². The molecule has 0 radical (unpaired) electrons. The van der Waals surface area contributed by atoms with E-state index in [-0.39, 0.29) is 11.9 Å². The molecule has 1 N–H and O–H groups in total. The third-order valence-electron chi connectivity index (χ3n) is 2.76. The van der Waals surface area contributed by atoms with Crippen molar-refractivity contribution in [2.24, 2.45) is 0 Å². The van der Waals surface area contributed by atoms with Crippen LogP contribution in [0.3, 0.4) is 0 Å². The Morgan fingerprint density at radius 1 is 1.22 bits per heavy atom. The average Bonchev–Trinajstić information content (AvgIpc) is 2.40. The second kappa shape index (κ2) is 6.26. The minimum absolute atomic E-state index is 0.0538. The van der Waals surface area contributed by atoms with Crippen molar-refractivity contribution >= 4 is 0 Å². The maximum atomic E-state index is 13.3. The van der Waals surface area contributed by atoms with E-state index in [0.29, 0.717) is 0 Å². The molecule has 0 saturated heterocycles. The smallest absolute Gasteiger partial charge is 0.123 e. The van der Waals surface area contributed by atoms with Crippen molar-refractivity contribution in [1.29, 1.82) is 0 Å². The zero-order valence-electron chi connectivity index (χ0n) is 10.4. The van der Waals surface area contributed by atoms with Gasteiger partial charge in [0, 0.05) is 6.20 Å². The maximum Gasteiger partial charge on any atom is 0.123 e. The van der Waals surface area contributed by atoms with E-state index in [9.17, 15) is 4.39 Å². The monoisotopic (exact) mass is 244 g/mol. The molecule has 94 valence electrons. The topological polar surface area (TPSA) is 24.9 Å². The number of nitrogens with zero attached hydrogens (tertiary/aromatic N) is 1. The van der Waals surface area contributed by atoms with Gasteiger partial charge in [0.15, 0.2) is 0 Å². The van der Waals surface area contributed by atoms with Crippen molar-refractivity contribution in [3.63, 3.8) is 0 Å². The Morgan fingerprint density at radius 2 is 2.11 bits per heavy atom. The van der Waals surface area contributed by atoms with Crippen molar-refractivity contribution in [3.05, 3.63) is 65.7 Å². The molecule has 1 unspecified atom stereocenters. The number of halogens is 1. The van der Waals surface area contributed by atoms with Crippen LogP contribution in [0.25, 0.3) is 0 Å². The van der Waals surface area contributed by atoms with Gasteiger partial charge < -0.3 is 5.32 Å². The molecule has 0 saturated carbocycles. The van der Waals surface area contributed by atoms with Gasteiger partial charge in [-0.05, 0) is 42.8 Å². The van der Waals surface area contributed by atoms with E-state index in [4.69, 9.17) is 0 Å². The van der Waals surface area contributed by atoms with Crippen LogP contribution in [-0.4, -0.2) is 11.5 Å². The Hall–Kier alpha value is -1.74. The first-order valence-corrected chi connectivity index (χ1v) is 6.21. The molecular formula is C15H17FN2. The van der Waals surface area contributed by atoms with Crippen LogP contribution < -0.4 is 5.32 Å². The molecule has 0 aliphatic rings. The molecule has 1 aromatic carbocycles. The summed E-state index contributed by atoms with van der Waals surface area (Å²) < 4.78 is 13.3. The molecule has 1 heterocycles. The van der Waals surface area contributed by atoms with E-state index in [2.05, 4.69) is 17.2 Å². The highest BCUT2D eigenvalue weighted by molar-refractivity contribution is 5.28. The average molecular weight is 244 g/mol. The van der Waals surface area contributed by atoms with Gasteiger partial charge in [-0.1, -0.05) is 25.1 Å². The minimum Gasteiger partial charge on any atom is -0.305 e. The molecule has 2 nitrogen and oxygen atoms in total. The number of pyridine rings is 1. The van der Waals surface area contributed by atoms with E-state index in [1.165, 1.54) is 6.07 Å². The number of hydrogen-bond acceptors (Lipinski definition) is 2. The second-order valence-corrected chi connectivity index (χ2v) is 4.20. The summed E-state index contributed by atoms with van der Waals surface area (Å²) in [5.41, 5.74) is 1.82. The highest BCUT2D eigenvalue weighted by Gasteiger charge is 2.14. The number of rotatable bonds is 5. The molecular weight excluding hydrogens is 227 g/mol. The Balaban J connectivity index is 2.31. The van der Waals surface area contributed by atoms with E-state index >= 15 is 0 Å². The zero-order valence-corrected chi connectivity index (χ0v) is 10.4. The van der Waals surface area contributed by atoms with Crippen LogP contribution in [0, 0.1) is 5.82 Å². The van der Waals surface area contributed by atoms with Crippen LogP contribution in [0.1, 0.15) is 30.6 Å². The summed E-state index contributed by atoms with van der Waals surface area (Å²) in [6, 6.07) is 12.4. The summed E-state index contributed by atoms with van der Waals surface area (Å²) in [4.78, 5) is 4.35. The highest BCUT2D eigenvalue weighted by atomic mass is 19.1. The van der Waals surface area contributed by atoms with Gasteiger partial charge in [0.05, 0.1) is 11.7 Å². The first-order chi connectivity index (χ1) is 8.81. The number of benzene rings is 1. The second-order valence-electron chi connectivity index (χ2n) is 4.20. The van der Waals surface area contributed by atoms with Crippen LogP contribution >= 0.6 is 0 Å². The molecule has 1 atom stereocenters. The Kier molecular flexibility index (Phi) is 4.42. The van der Waals surface area contributed by atoms with Gasteiger partial charge in [-0.2, -0.15) is 0 Å². The van der Waals surface area contributed by atoms with Crippen molar-refractivity contribution in [2.45, 2.75) is 19.4 Å². The van der Waals surface area contributed by atoms with Gasteiger partial charge in [0.2, 0.25) is 0 Å². The van der Waals surface area contributed by atoms with E-state index < -0.39 is 0 Å². The lowest BCUT2D eigenvalue weighted by Gasteiger charge is -2.18. The van der Waals surface area contributed by atoms with Gasteiger partial charge in [0.1, 0.15) is 5.82 Å². The van der Waals surface area contributed by atoms with Crippen molar-refractivity contribution < 1.29 is 4.39 Å². The molecule has 2 rings (SSSR count). The summed E-state index contributed by atoms with van der Waals surface area (Å²) in [6.07, 6.45) is 2.79. The van der Waals surface area contributed by atoms with Crippen LogP contribution in [0.2, 0.25) is 0 Å². The van der Waals surface area contributed by atoms with E-state index in [1.54, 1.807) is 18.3 Å². The third-order valence-corrected chi connectivity index (χ3v) is 2.76. The zero-order chi connectivity index (χ0) is 12.8. The van der Waals surface area contributed by atoms with Crippen LogP contribution in [-0.2, 0) is 0 Å². The molecule has 0 spiro atoms. The summed E-state index contributed by atoms with van der Waals surface area (Å²) in [5, 5.41) is 3.40. The SMILES string of the molecule is CCCNC(c1cccc(F)c1)c1ccccn1. The van der Waals surface area contributed by atoms with Gasteiger partial charge in [-0.3, -0.25) is 4.98 Å². The standard InChI is InChI=1S/C15H17FN2/c1-2-9-18-15(14-8-3-4-10-17-14)12-6-5-7-13(16)11-12/h3-8,10-11,15,18H,2,9H2,1H3. The molecule has 2 aromatic rings. The minimum atomic E-state index is -0.216. The van der Waals surface area contributed by atoms with E-state index in [1.807, 2.05) is 24.3 Å². The predicted octanol–water partition coefficient (Wildman–Crippen LogP) is 3.31. The molecule has 0 aliphatic heterocycles. The Bertz CT molecular complexity index is 485. The van der Waals surface area contributed by atoms with Gasteiger partial charge in [-0.25, -0.2) is 4.39 Å². The number of hydrogen-bond donors (Lipinski definition) is 1. The number of aromatic nitrogens is 1.